The van der Waals surface area contributed by atoms with Crippen LogP contribution in [0.4, 0.5) is 5.69 Å². The number of carbonyl (C=O) groups excluding carboxylic acids is 3. The summed E-state index contributed by atoms with van der Waals surface area (Å²) < 4.78 is 5.19. The van der Waals surface area contributed by atoms with E-state index < -0.39 is 17.7 Å². The quantitative estimate of drug-likeness (QED) is 0.510. The minimum absolute atomic E-state index is 0.212. The zero-order valence-corrected chi connectivity index (χ0v) is 17.5. The molecule has 0 aliphatic rings. The van der Waals surface area contributed by atoms with Crippen LogP contribution in [0.3, 0.4) is 0 Å². The van der Waals surface area contributed by atoms with Gasteiger partial charge in [0.05, 0.1) is 24.1 Å². The molecule has 7 nitrogen and oxygen atoms in total. The van der Waals surface area contributed by atoms with Crippen molar-refractivity contribution in [2.45, 2.75) is 32.9 Å². The van der Waals surface area contributed by atoms with Crippen molar-refractivity contribution < 1.29 is 18.8 Å². The minimum atomic E-state index is -0.843. The molecule has 0 aliphatic carbocycles. The van der Waals surface area contributed by atoms with Gasteiger partial charge in [-0.15, -0.1) is 0 Å². The van der Waals surface area contributed by atoms with Crippen LogP contribution in [-0.4, -0.2) is 17.7 Å². The van der Waals surface area contributed by atoms with Crippen LogP contribution in [0.25, 0.3) is 0 Å². The van der Waals surface area contributed by atoms with Gasteiger partial charge in [-0.1, -0.05) is 50.2 Å². The molecular formula is C24H25N3O4. The van der Waals surface area contributed by atoms with Crippen LogP contribution in [0.5, 0.6) is 0 Å². The Labute approximate surface area is 180 Å². The first-order valence-corrected chi connectivity index (χ1v) is 10.0. The van der Waals surface area contributed by atoms with Crippen LogP contribution in [-0.2, 0) is 22.7 Å². The van der Waals surface area contributed by atoms with Crippen molar-refractivity contribution in [2.75, 3.05) is 5.32 Å². The molecule has 0 bridgehead atoms. The second-order valence-electron chi connectivity index (χ2n) is 7.34. The Kier molecular flexibility index (Phi) is 7.22. The molecule has 3 rings (SSSR count). The molecule has 1 aromatic heterocycles. The number of carbonyl (C=O) groups is 3. The van der Waals surface area contributed by atoms with Crippen LogP contribution in [0.1, 0.15) is 47.0 Å². The molecule has 0 atom stereocenters. The summed E-state index contributed by atoms with van der Waals surface area (Å²) in [6, 6.07) is 17.8. The third-order valence-electron chi connectivity index (χ3n) is 4.73. The predicted molar refractivity (Wildman–Crippen MR) is 117 cm³/mol. The maximum absolute atomic E-state index is 12.5. The monoisotopic (exact) mass is 419 g/mol. The number of para-hydroxylation sites is 1. The van der Waals surface area contributed by atoms with Crippen molar-refractivity contribution in [3.05, 3.63) is 89.4 Å². The molecule has 0 radical (unpaired) electrons. The molecule has 160 valence electrons. The van der Waals surface area contributed by atoms with E-state index in [9.17, 15) is 14.4 Å². The molecule has 0 spiro atoms. The fraction of sp³-hybridized carbons (Fsp3) is 0.208. The van der Waals surface area contributed by atoms with E-state index in [1.54, 1.807) is 36.4 Å². The van der Waals surface area contributed by atoms with Gasteiger partial charge in [0.2, 0.25) is 0 Å². The summed E-state index contributed by atoms with van der Waals surface area (Å²) in [5.74, 6) is -0.983. The summed E-state index contributed by atoms with van der Waals surface area (Å²) in [6.07, 6.45) is 1.52. The standard InChI is InChI=1S/C24H25N3O4/c1-16(2)18-11-9-17(10-12-18)14-25-23(29)24(30)27-21-8-4-3-7-20(21)22(28)26-15-19-6-5-13-31-19/h3-13,16H,14-15H2,1-2H3,(H,25,29)(H,26,28)(H,27,30). The van der Waals surface area contributed by atoms with E-state index in [1.807, 2.05) is 24.3 Å². The van der Waals surface area contributed by atoms with Gasteiger partial charge < -0.3 is 20.4 Å². The maximum Gasteiger partial charge on any atom is 0.313 e. The third-order valence-corrected chi connectivity index (χ3v) is 4.73. The zero-order chi connectivity index (χ0) is 22.2. The van der Waals surface area contributed by atoms with Crippen LogP contribution in [0.15, 0.2) is 71.3 Å². The van der Waals surface area contributed by atoms with E-state index in [0.717, 1.165) is 5.56 Å². The van der Waals surface area contributed by atoms with Crippen molar-refractivity contribution in [3.63, 3.8) is 0 Å². The fourth-order valence-electron chi connectivity index (χ4n) is 2.93. The highest BCUT2D eigenvalue weighted by molar-refractivity contribution is 6.40. The smallest absolute Gasteiger partial charge is 0.313 e. The van der Waals surface area contributed by atoms with Gasteiger partial charge in [0.25, 0.3) is 5.91 Å². The largest absolute Gasteiger partial charge is 0.467 e. The van der Waals surface area contributed by atoms with Crippen molar-refractivity contribution in [1.29, 1.82) is 0 Å². The van der Waals surface area contributed by atoms with Crippen molar-refractivity contribution in [2.24, 2.45) is 0 Å². The van der Waals surface area contributed by atoms with E-state index in [2.05, 4.69) is 29.8 Å². The fourth-order valence-corrected chi connectivity index (χ4v) is 2.93. The number of rotatable bonds is 7. The highest BCUT2D eigenvalue weighted by Crippen LogP contribution is 2.16. The number of benzene rings is 2. The van der Waals surface area contributed by atoms with Gasteiger partial charge in [0, 0.05) is 6.54 Å². The van der Waals surface area contributed by atoms with Crippen LogP contribution < -0.4 is 16.0 Å². The first kappa shape index (κ1) is 21.8. The van der Waals surface area contributed by atoms with Gasteiger partial charge in [-0.05, 0) is 41.3 Å². The zero-order valence-electron chi connectivity index (χ0n) is 17.5. The number of nitrogens with one attached hydrogen (secondary N) is 3. The first-order valence-electron chi connectivity index (χ1n) is 10.0. The Morgan fingerprint density at radius 1 is 0.839 bits per heavy atom. The van der Waals surface area contributed by atoms with E-state index in [-0.39, 0.29) is 24.3 Å². The lowest BCUT2D eigenvalue weighted by Gasteiger charge is -2.11. The number of hydrogen-bond donors (Lipinski definition) is 3. The molecule has 0 unspecified atom stereocenters. The molecular weight excluding hydrogens is 394 g/mol. The average molecular weight is 419 g/mol. The number of furan rings is 1. The molecule has 3 aromatic rings. The first-order chi connectivity index (χ1) is 14.9. The second-order valence-corrected chi connectivity index (χ2v) is 7.34. The number of hydrogen-bond acceptors (Lipinski definition) is 4. The maximum atomic E-state index is 12.5. The highest BCUT2D eigenvalue weighted by Gasteiger charge is 2.18. The molecule has 1 heterocycles. The van der Waals surface area contributed by atoms with Gasteiger partial charge in [0.1, 0.15) is 5.76 Å². The summed E-state index contributed by atoms with van der Waals surface area (Å²) in [6.45, 7) is 4.66. The highest BCUT2D eigenvalue weighted by atomic mass is 16.3. The normalized spacial score (nSPS) is 10.5. The number of amides is 3. The average Bonchev–Trinajstić information content (AvgIpc) is 3.30. The molecule has 0 saturated carbocycles. The van der Waals surface area contributed by atoms with Crippen molar-refractivity contribution in [3.8, 4) is 0 Å². The molecule has 31 heavy (non-hydrogen) atoms. The second kappa shape index (κ2) is 10.2. The van der Waals surface area contributed by atoms with Gasteiger partial charge in [0.15, 0.2) is 0 Å². The Bertz CT molecular complexity index is 1040. The van der Waals surface area contributed by atoms with Crippen LogP contribution in [0, 0.1) is 0 Å². The number of anilines is 1. The van der Waals surface area contributed by atoms with E-state index >= 15 is 0 Å². The topological polar surface area (TPSA) is 100 Å². The van der Waals surface area contributed by atoms with Crippen molar-refractivity contribution in [1.82, 2.24) is 10.6 Å². The minimum Gasteiger partial charge on any atom is -0.467 e. The Morgan fingerprint density at radius 3 is 2.26 bits per heavy atom. The van der Waals surface area contributed by atoms with E-state index in [4.69, 9.17) is 4.42 Å². The van der Waals surface area contributed by atoms with Gasteiger partial charge >= 0.3 is 11.8 Å². The molecule has 3 amide bonds. The lowest BCUT2D eigenvalue weighted by molar-refractivity contribution is -0.136. The Hall–Kier alpha value is -3.87. The summed E-state index contributed by atoms with van der Waals surface area (Å²) >= 11 is 0. The van der Waals surface area contributed by atoms with Crippen LogP contribution in [0.2, 0.25) is 0 Å². The van der Waals surface area contributed by atoms with Gasteiger partial charge in [-0.2, -0.15) is 0 Å². The Morgan fingerprint density at radius 2 is 1.58 bits per heavy atom. The lowest BCUT2D eigenvalue weighted by atomic mass is 10.0. The summed E-state index contributed by atoms with van der Waals surface area (Å²) in [4.78, 5) is 37.0. The van der Waals surface area contributed by atoms with Crippen molar-refractivity contribution >= 4 is 23.4 Å². The lowest BCUT2D eigenvalue weighted by Crippen LogP contribution is -2.35. The molecule has 0 aliphatic heterocycles. The summed E-state index contributed by atoms with van der Waals surface area (Å²) in [7, 11) is 0. The summed E-state index contributed by atoms with van der Waals surface area (Å²) in [5.41, 5.74) is 2.60. The molecule has 0 saturated heterocycles. The summed E-state index contributed by atoms with van der Waals surface area (Å²) in [5, 5.41) is 7.82. The Balaban J connectivity index is 1.56. The molecule has 2 aromatic carbocycles. The predicted octanol–water partition coefficient (Wildman–Crippen LogP) is 3.59. The van der Waals surface area contributed by atoms with E-state index in [1.165, 1.54) is 11.8 Å². The molecule has 3 N–H and O–H groups in total. The van der Waals surface area contributed by atoms with E-state index in [0.29, 0.717) is 11.7 Å². The third kappa shape index (κ3) is 6.05. The molecule has 7 heteroatoms. The van der Waals surface area contributed by atoms with Gasteiger partial charge in [-0.3, -0.25) is 14.4 Å². The van der Waals surface area contributed by atoms with Crippen LogP contribution >= 0.6 is 0 Å². The van der Waals surface area contributed by atoms with Gasteiger partial charge in [-0.25, -0.2) is 0 Å². The SMILES string of the molecule is CC(C)c1ccc(CNC(=O)C(=O)Nc2ccccc2C(=O)NCc2ccco2)cc1. The molecule has 0 fully saturated rings.